The highest BCUT2D eigenvalue weighted by Gasteiger charge is 2.31. The Bertz CT molecular complexity index is 209. The van der Waals surface area contributed by atoms with E-state index in [1.165, 1.54) is 6.42 Å². The third kappa shape index (κ3) is 10.3. The van der Waals surface area contributed by atoms with Crippen molar-refractivity contribution < 1.29 is 14.2 Å². The molecule has 0 aromatic carbocycles. The molecule has 0 saturated carbocycles. The second kappa shape index (κ2) is 13.5. The monoisotopic (exact) mass is 304 g/mol. The van der Waals surface area contributed by atoms with Gasteiger partial charge in [-0.25, -0.2) is 0 Å². The molecule has 3 heteroatoms. The summed E-state index contributed by atoms with van der Waals surface area (Å²) in [7, 11) is 1.74. The molecule has 0 aromatic rings. The van der Waals surface area contributed by atoms with E-state index in [1.54, 1.807) is 7.11 Å². The summed E-state index contributed by atoms with van der Waals surface area (Å²) in [5.74, 6) is 0.738. The molecule has 2 fully saturated rings. The summed E-state index contributed by atoms with van der Waals surface area (Å²) in [6.07, 6.45) is 4.31. The number of rotatable bonds is 1. The predicted molar refractivity (Wildman–Crippen MR) is 92.0 cm³/mol. The summed E-state index contributed by atoms with van der Waals surface area (Å²) in [6, 6.07) is 0. The molecule has 2 rings (SSSR count). The van der Waals surface area contributed by atoms with Crippen LogP contribution in [0, 0.1) is 5.92 Å². The molecule has 0 aliphatic carbocycles. The van der Waals surface area contributed by atoms with Crippen molar-refractivity contribution in [2.75, 3.05) is 20.3 Å². The van der Waals surface area contributed by atoms with Crippen molar-refractivity contribution in [1.82, 2.24) is 0 Å². The minimum absolute atomic E-state index is 0.153. The van der Waals surface area contributed by atoms with Gasteiger partial charge in [-0.2, -0.15) is 0 Å². The fraction of sp³-hybridized carbons (Fsp3) is 1.00. The Labute approximate surface area is 133 Å². The Morgan fingerprint density at radius 1 is 0.952 bits per heavy atom. The molecule has 0 bridgehead atoms. The molecule has 2 aliphatic rings. The second-order valence-electron chi connectivity index (χ2n) is 5.72. The molecule has 130 valence electrons. The largest absolute Gasteiger partial charge is 0.379 e. The van der Waals surface area contributed by atoms with Gasteiger partial charge in [-0.1, -0.05) is 34.6 Å². The number of hydrogen-bond acceptors (Lipinski definition) is 3. The molecule has 0 amide bonds. The van der Waals surface area contributed by atoms with E-state index in [0.29, 0.717) is 12.2 Å². The first kappa shape index (κ1) is 23.2. The van der Waals surface area contributed by atoms with Gasteiger partial charge in [-0.3, -0.25) is 0 Å². The first-order chi connectivity index (χ1) is 9.95. The van der Waals surface area contributed by atoms with Gasteiger partial charge < -0.3 is 14.2 Å². The Kier molecular flexibility index (Phi) is 14.9. The molecule has 0 radical (unpaired) electrons. The first-order valence-corrected chi connectivity index (χ1v) is 8.74. The third-order valence-electron chi connectivity index (χ3n) is 4.01. The average molecular weight is 305 g/mol. The number of ether oxygens (including phenoxy) is 3. The van der Waals surface area contributed by atoms with Crippen LogP contribution in [0.4, 0.5) is 0 Å². The molecule has 21 heavy (non-hydrogen) atoms. The Balaban J connectivity index is 0. The molecular weight excluding hydrogens is 264 g/mol. The number of hydrogen-bond donors (Lipinski definition) is 0. The summed E-state index contributed by atoms with van der Waals surface area (Å²) in [5.41, 5.74) is 0.153. The molecule has 3 nitrogen and oxygen atoms in total. The van der Waals surface area contributed by atoms with Crippen molar-refractivity contribution in [3.8, 4) is 0 Å². The fourth-order valence-corrected chi connectivity index (χ4v) is 2.03. The van der Waals surface area contributed by atoms with E-state index in [-0.39, 0.29) is 5.60 Å². The van der Waals surface area contributed by atoms with E-state index in [0.717, 1.165) is 32.0 Å². The van der Waals surface area contributed by atoms with E-state index in [9.17, 15) is 0 Å². The molecule has 3 atom stereocenters. The lowest BCUT2D eigenvalue weighted by Crippen LogP contribution is -2.28. The van der Waals surface area contributed by atoms with Gasteiger partial charge in [-0.05, 0) is 46.0 Å². The Morgan fingerprint density at radius 3 is 1.76 bits per heavy atom. The summed E-state index contributed by atoms with van der Waals surface area (Å²) < 4.78 is 15.9. The lowest BCUT2D eigenvalue weighted by Gasteiger charge is -2.25. The van der Waals surface area contributed by atoms with Crippen LogP contribution in [-0.4, -0.2) is 38.1 Å². The van der Waals surface area contributed by atoms with Crippen molar-refractivity contribution in [3.05, 3.63) is 0 Å². The molecule has 0 spiro atoms. The van der Waals surface area contributed by atoms with Gasteiger partial charge in [0.1, 0.15) is 0 Å². The highest BCUT2D eigenvalue weighted by Crippen LogP contribution is 2.30. The Morgan fingerprint density at radius 2 is 1.52 bits per heavy atom. The van der Waals surface area contributed by atoms with E-state index in [1.807, 2.05) is 27.7 Å². The number of methoxy groups -OCH3 is 1. The zero-order valence-corrected chi connectivity index (χ0v) is 16.0. The van der Waals surface area contributed by atoms with Crippen LogP contribution in [0.15, 0.2) is 0 Å². The quantitative estimate of drug-likeness (QED) is 0.676. The Hall–Kier alpha value is -0.120. The molecule has 0 N–H and O–H groups in total. The summed E-state index contributed by atoms with van der Waals surface area (Å²) in [6.45, 7) is 18.4. The normalized spacial score (nSPS) is 29.9. The lowest BCUT2D eigenvalue weighted by molar-refractivity contribution is -0.0641. The van der Waals surface area contributed by atoms with Gasteiger partial charge in [0.2, 0.25) is 0 Å². The third-order valence-corrected chi connectivity index (χ3v) is 4.01. The van der Waals surface area contributed by atoms with Crippen LogP contribution >= 0.6 is 0 Å². The highest BCUT2D eigenvalue weighted by molar-refractivity contribution is 4.80. The minimum atomic E-state index is 0.153. The maximum Gasteiger partial charge on any atom is 0.0805 e. The van der Waals surface area contributed by atoms with Crippen LogP contribution < -0.4 is 0 Å². The molecule has 2 aliphatic heterocycles. The smallest absolute Gasteiger partial charge is 0.0805 e. The van der Waals surface area contributed by atoms with Gasteiger partial charge in [-0.15, -0.1) is 0 Å². The van der Waals surface area contributed by atoms with Crippen LogP contribution in [0.1, 0.15) is 74.7 Å². The van der Waals surface area contributed by atoms with Crippen molar-refractivity contribution in [2.45, 2.75) is 92.5 Å². The van der Waals surface area contributed by atoms with Crippen LogP contribution in [0.25, 0.3) is 0 Å². The maximum atomic E-state index is 5.45. The summed E-state index contributed by atoms with van der Waals surface area (Å²) in [5, 5.41) is 0. The SMILES string of the molecule is CC.CC.CC1CCOC1(C)C.COC1CCC(C)OC1. The van der Waals surface area contributed by atoms with Crippen LogP contribution in [-0.2, 0) is 14.2 Å². The molecule has 0 aromatic heterocycles. The first-order valence-electron chi connectivity index (χ1n) is 8.74. The van der Waals surface area contributed by atoms with Gasteiger partial charge >= 0.3 is 0 Å². The van der Waals surface area contributed by atoms with Crippen LogP contribution in [0.2, 0.25) is 0 Å². The summed E-state index contributed by atoms with van der Waals surface area (Å²) in [4.78, 5) is 0. The fourth-order valence-electron chi connectivity index (χ4n) is 2.03. The molecule has 2 saturated heterocycles. The zero-order chi connectivity index (χ0) is 16.9. The topological polar surface area (TPSA) is 27.7 Å². The van der Waals surface area contributed by atoms with Gasteiger partial charge in [0.25, 0.3) is 0 Å². The van der Waals surface area contributed by atoms with Gasteiger partial charge in [0.15, 0.2) is 0 Å². The van der Waals surface area contributed by atoms with Crippen LogP contribution in [0.5, 0.6) is 0 Å². The van der Waals surface area contributed by atoms with E-state index in [2.05, 4.69) is 27.7 Å². The maximum absolute atomic E-state index is 5.45. The molecule has 3 unspecified atom stereocenters. The minimum Gasteiger partial charge on any atom is -0.379 e. The van der Waals surface area contributed by atoms with Gasteiger partial charge in [0, 0.05) is 13.7 Å². The molecular formula is C18H40O3. The van der Waals surface area contributed by atoms with E-state index in [4.69, 9.17) is 14.2 Å². The van der Waals surface area contributed by atoms with Crippen molar-refractivity contribution in [2.24, 2.45) is 5.92 Å². The molecule has 2 heterocycles. The standard InChI is InChI=1S/C7H14O2.C7H14O.2C2H6/c1-6-3-4-7(8-2)5-9-6;1-6-4-5-8-7(6,2)3;2*1-2/h6-7H,3-5H2,1-2H3;6H,4-5H2,1-3H3;2*1-2H3. The second-order valence-corrected chi connectivity index (χ2v) is 5.72. The van der Waals surface area contributed by atoms with Crippen molar-refractivity contribution >= 4 is 0 Å². The predicted octanol–water partition coefficient (Wildman–Crippen LogP) is 5.07. The van der Waals surface area contributed by atoms with Crippen molar-refractivity contribution in [1.29, 1.82) is 0 Å². The van der Waals surface area contributed by atoms with Gasteiger partial charge in [0.05, 0.1) is 24.4 Å². The summed E-state index contributed by atoms with van der Waals surface area (Å²) >= 11 is 0. The van der Waals surface area contributed by atoms with E-state index >= 15 is 0 Å². The van der Waals surface area contributed by atoms with E-state index < -0.39 is 0 Å². The van der Waals surface area contributed by atoms with Crippen molar-refractivity contribution in [3.63, 3.8) is 0 Å². The van der Waals surface area contributed by atoms with Crippen LogP contribution in [0.3, 0.4) is 0 Å². The average Bonchev–Trinajstić information content (AvgIpc) is 2.82. The zero-order valence-electron chi connectivity index (χ0n) is 16.0. The highest BCUT2D eigenvalue weighted by atomic mass is 16.5. The lowest BCUT2D eigenvalue weighted by atomic mass is 9.93.